The summed E-state index contributed by atoms with van der Waals surface area (Å²) in [5.41, 5.74) is 1.11. The van der Waals surface area contributed by atoms with Crippen LogP contribution in [0.3, 0.4) is 0 Å². The van der Waals surface area contributed by atoms with Crippen LogP contribution >= 0.6 is 11.8 Å². The fourth-order valence-corrected chi connectivity index (χ4v) is 3.95. The Kier molecular flexibility index (Phi) is 5.45. The van der Waals surface area contributed by atoms with Crippen LogP contribution in [0.15, 0.2) is 35.5 Å². The van der Waals surface area contributed by atoms with Crippen molar-refractivity contribution in [2.24, 2.45) is 0 Å². The first kappa shape index (κ1) is 17.3. The van der Waals surface area contributed by atoms with Gasteiger partial charge in [-0.1, -0.05) is 48.5 Å². The molecule has 0 bridgehead atoms. The van der Waals surface area contributed by atoms with Gasteiger partial charge in [0.15, 0.2) is 12.0 Å². The summed E-state index contributed by atoms with van der Waals surface area (Å²) in [4.78, 5) is 4.41. The summed E-state index contributed by atoms with van der Waals surface area (Å²) in [5, 5.41) is 12.6. The Morgan fingerprint density at radius 3 is 2.46 bits per heavy atom. The van der Waals surface area contributed by atoms with E-state index < -0.39 is 12.8 Å². The van der Waals surface area contributed by atoms with Crippen LogP contribution in [-0.2, 0) is 0 Å². The maximum Gasteiger partial charge on any atom is 0.342 e. The number of aliphatic hydroxyl groups excluding tert-OH is 1. The highest BCUT2D eigenvalue weighted by Crippen LogP contribution is 2.42. The van der Waals surface area contributed by atoms with Crippen molar-refractivity contribution in [3.8, 4) is 0 Å². The van der Waals surface area contributed by atoms with Gasteiger partial charge in [0.25, 0.3) is 0 Å². The van der Waals surface area contributed by atoms with Gasteiger partial charge in [-0.25, -0.2) is 14.1 Å². The van der Waals surface area contributed by atoms with Gasteiger partial charge in [-0.05, 0) is 18.4 Å². The van der Waals surface area contributed by atoms with Crippen molar-refractivity contribution in [3.05, 3.63) is 41.7 Å². The van der Waals surface area contributed by atoms with Crippen LogP contribution in [0.25, 0.3) is 0 Å². The molecule has 2 heterocycles. The molecule has 1 aromatic carbocycles. The summed E-state index contributed by atoms with van der Waals surface area (Å²) in [7, 11) is 0. The summed E-state index contributed by atoms with van der Waals surface area (Å²) >= 11 is 1.70. The third kappa shape index (κ3) is 3.92. The molecular weight excluding hydrogens is 339 g/mol. The minimum atomic E-state index is -3.17. The molecule has 2 atom stereocenters. The predicted octanol–water partition coefficient (Wildman–Crippen LogP) is 4.13. The van der Waals surface area contributed by atoms with E-state index in [1.807, 2.05) is 30.3 Å². The number of fused-ring (bicyclic) bond motifs is 1. The van der Waals surface area contributed by atoms with Crippen LogP contribution in [0.5, 0.6) is 0 Å². The lowest BCUT2D eigenvalue weighted by molar-refractivity contribution is -0.0728. The van der Waals surface area contributed by atoms with Crippen LogP contribution in [0, 0.1) is 0 Å². The Balaban J connectivity index is 0.000000383. The lowest BCUT2D eigenvalue weighted by atomic mass is 10.0. The molecule has 1 saturated carbocycles. The van der Waals surface area contributed by atoms with Gasteiger partial charge in [0.05, 0.1) is 6.04 Å². The average molecular weight is 357 g/mol. The highest BCUT2D eigenvalue weighted by Gasteiger charge is 2.36. The maximum absolute atomic E-state index is 14.2. The van der Waals surface area contributed by atoms with Crippen molar-refractivity contribution < 1.29 is 18.3 Å². The molecule has 1 N–H and O–H groups in total. The smallest absolute Gasteiger partial charge is 0.339 e. The zero-order valence-corrected chi connectivity index (χ0v) is 13.7. The van der Waals surface area contributed by atoms with E-state index in [1.54, 1.807) is 16.4 Å². The van der Waals surface area contributed by atoms with Crippen molar-refractivity contribution in [1.82, 2.24) is 14.8 Å². The number of rotatable bonds is 3. The van der Waals surface area contributed by atoms with Gasteiger partial charge in [-0.15, -0.1) is 5.10 Å². The molecule has 1 aliphatic heterocycles. The molecule has 130 valence electrons. The molecule has 8 heteroatoms. The van der Waals surface area contributed by atoms with Crippen molar-refractivity contribution in [1.29, 1.82) is 0 Å². The van der Waals surface area contributed by atoms with Crippen LogP contribution in [-0.4, -0.2) is 31.7 Å². The molecule has 1 aliphatic carbocycles. The molecule has 24 heavy (non-hydrogen) atoms. The Bertz CT molecular complexity index is 661. The van der Waals surface area contributed by atoms with E-state index in [2.05, 4.69) is 10.1 Å². The van der Waals surface area contributed by atoms with E-state index in [9.17, 15) is 13.2 Å². The molecule has 0 spiro atoms. The molecule has 4 rings (SSSR count). The lowest BCUT2D eigenvalue weighted by Crippen LogP contribution is -2.13. The largest absolute Gasteiger partial charge is 0.342 e. The second-order valence-corrected chi connectivity index (χ2v) is 7.04. The lowest BCUT2D eigenvalue weighted by Gasteiger charge is -2.22. The van der Waals surface area contributed by atoms with Gasteiger partial charge in [0.2, 0.25) is 5.16 Å². The maximum atomic E-state index is 14.2. The van der Waals surface area contributed by atoms with Gasteiger partial charge in [-0.3, -0.25) is 0 Å². The molecule has 2 aliphatic rings. The fourth-order valence-electron chi connectivity index (χ4n) is 2.80. The van der Waals surface area contributed by atoms with Crippen LogP contribution < -0.4 is 0 Å². The summed E-state index contributed by atoms with van der Waals surface area (Å²) in [6.45, 7) is -3.17. The van der Waals surface area contributed by atoms with Crippen molar-refractivity contribution in [3.63, 3.8) is 0 Å². The van der Waals surface area contributed by atoms with Crippen LogP contribution in [0.2, 0.25) is 0 Å². The second-order valence-electron chi connectivity index (χ2n) is 5.78. The zero-order chi connectivity index (χ0) is 17.1. The van der Waals surface area contributed by atoms with E-state index in [4.69, 9.17) is 5.11 Å². The highest BCUT2D eigenvalue weighted by molar-refractivity contribution is 7.99. The SMILES string of the molecule is F[C@H]1C[C@@H](c2ccccc2)n2nc(SC3CCC3)nc21.OC(F)F. The molecule has 0 saturated heterocycles. The Morgan fingerprint density at radius 1 is 1.21 bits per heavy atom. The first-order chi connectivity index (χ1) is 11.5. The number of nitrogens with zero attached hydrogens (tertiary/aromatic N) is 3. The van der Waals surface area contributed by atoms with E-state index in [1.165, 1.54) is 19.3 Å². The predicted molar refractivity (Wildman–Crippen MR) is 84.8 cm³/mol. The van der Waals surface area contributed by atoms with Gasteiger partial charge >= 0.3 is 6.61 Å². The third-order valence-electron chi connectivity index (χ3n) is 4.15. The van der Waals surface area contributed by atoms with Gasteiger partial charge in [-0.2, -0.15) is 8.78 Å². The Morgan fingerprint density at radius 2 is 1.88 bits per heavy atom. The second kappa shape index (κ2) is 7.57. The van der Waals surface area contributed by atoms with Crippen molar-refractivity contribution in [2.75, 3.05) is 0 Å². The third-order valence-corrected chi connectivity index (χ3v) is 5.34. The van der Waals surface area contributed by atoms with E-state index in [0.717, 1.165) is 10.7 Å². The van der Waals surface area contributed by atoms with Gasteiger partial charge in [0.1, 0.15) is 0 Å². The summed E-state index contributed by atoms with van der Waals surface area (Å²) in [6, 6.07) is 10.0. The molecule has 0 radical (unpaired) electrons. The highest BCUT2D eigenvalue weighted by atomic mass is 32.2. The quantitative estimate of drug-likeness (QED) is 0.897. The Labute approximate surface area is 142 Å². The number of hydrogen-bond donors (Lipinski definition) is 1. The number of alkyl halides is 3. The number of hydrogen-bond acceptors (Lipinski definition) is 4. The fraction of sp³-hybridized carbons (Fsp3) is 0.500. The van der Waals surface area contributed by atoms with Crippen molar-refractivity contribution in [2.45, 2.75) is 54.9 Å². The number of aromatic nitrogens is 3. The molecule has 0 unspecified atom stereocenters. The summed E-state index contributed by atoms with van der Waals surface area (Å²) in [5.74, 6) is 0.501. The number of halogens is 3. The molecule has 0 amide bonds. The van der Waals surface area contributed by atoms with E-state index in [0.29, 0.717) is 17.5 Å². The van der Waals surface area contributed by atoms with E-state index in [-0.39, 0.29) is 6.04 Å². The Hall–Kier alpha value is -1.54. The topological polar surface area (TPSA) is 50.9 Å². The molecule has 1 aromatic heterocycles. The minimum absolute atomic E-state index is 0.00978. The van der Waals surface area contributed by atoms with Crippen molar-refractivity contribution >= 4 is 11.8 Å². The minimum Gasteiger partial charge on any atom is -0.339 e. The zero-order valence-electron chi connectivity index (χ0n) is 12.9. The normalized spacial score (nSPS) is 22.7. The monoisotopic (exact) mass is 357 g/mol. The standard InChI is InChI=1S/C15H16FN3S.CH2F2O/c16-12-9-13(10-5-2-1-3-6-10)19-14(12)17-15(18-19)20-11-7-4-8-11;2-1(3)4/h1-3,5-6,11-13H,4,7-9H2;1,4H/t12-,13-;/m0./s1. The number of aliphatic hydroxyl groups is 1. The van der Waals surface area contributed by atoms with Crippen LogP contribution in [0.4, 0.5) is 13.2 Å². The number of thioether (sulfide) groups is 1. The molecule has 1 fully saturated rings. The van der Waals surface area contributed by atoms with Gasteiger partial charge < -0.3 is 5.11 Å². The van der Waals surface area contributed by atoms with Gasteiger partial charge in [0, 0.05) is 11.7 Å². The van der Waals surface area contributed by atoms with Crippen LogP contribution in [0.1, 0.15) is 49.3 Å². The molecule has 2 aromatic rings. The first-order valence-corrected chi connectivity index (χ1v) is 8.71. The summed E-state index contributed by atoms with van der Waals surface area (Å²) < 4.78 is 35.7. The van der Waals surface area contributed by atoms with E-state index >= 15 is 0 Å². The number of benzene rings is 1. The summed E-state index contributed by atoms with van der Waals surface area (Å²) in [6.07, 6.45) is 3.21. The molecular formula is C16H18F3N3OS. The first-order valence-electron chi connectivity index (χ1n) is 7.83. The average Bonchev–Trinajstić information content (AvgIpc) is 3.04. The molecule has 4 nitrogen and oxygen atoms in total.